The van der Waals surface area contributed by atoms with Crippen LogP contribution in [0.2, 0.25) is 0 Å². The molecule has 1 amide bonds. The third-order valence-electron chi connectivity index (χ3n) is 5.70. The molecule has 2 aliphatic rings. The number of aromatic nitrogens is 4. The average Bonchev–Trinajstić information content (AvgIpc) is 3.38. The summed E-state index contributed by atoms with van der Waals surface area (Å²) in [5.74, 6) is 2.54. The molecule has 2 aromatic heterocycles. The maximum atomic E-state index is 13.0. The molecule has 0 bridgehead atoms. The van der Waals surface area contributed by atoms with Crippen LogP contribution in [0.3, 0.4) is 0 Å². The Morgan fingerprint density at radius 2 is 2.30 bits per heavy atom. The fourth-order valence-corrected chi connectivity index (χ4v) is 4.10. The van der Waals surface area contributed by atoms with E-state index in [0.717, 1.165) is 61.8 Å². The molecular weight excluding hydrogens is 340 g/mol. The highest BCUT2D eigenvalue weighted by atomic mass is 16.2. The number of hydrogen-bond donors (Lipinski definition) is 1. The molecule has 1 saturated heterocycles. The molecule has 0 aliphatic carbocycles. The molecule has 0 aromatic carbocycles. The molecule has 2 aliphatic heterocycles. The van der Waals surface area contributed by atoms with Gasteiger partial charge in [-0.25, -0.2) is 15.0 Å². The summed E-state index contributed by atoms with van der Waals surface area (Å²) in [5.41, 5.74) is 2.21. The molecule has 2 atom stereocenters. The van der Waals surface area contributed by atoms with Crippen molar-refractivity contribution in [2.45, 2.75) is 52.1 Å². The first kappa shape index (κ1) is 18.1. The van der Waals surface area contributed by atoms with Crippen molar-refractivity contribution in [3.63, 3.8) is 0 Å². The van der Waals surface area contributed by atoms with Crippen molar-refractivity contribution >= 4 is 5.91 Å². The highest BCUT2D eigenvalue weighted by Gasteiger charge is 2.27. The summed E-state index contributed by atoms with van der Waals surface area (Å²) < 4.78 is 2.09. The van der Waals surface area contributed by atoms with Crippen LogP contribution < -0.4 is 5.32 Å². The molecule has 4 rings (SSSR count). The molecule has 4 heterocycles. The topological polar surface area (TPSA) is 75.9 Å². The van der Waals surface area contributed by atoms with Crippen LogP contribution in [-0.2, 0) is 30.7 Å². The van der Waals surface area contributed by atoms with Crippen molar-refractivity contribution in [2.24, 2.45) is 5.92 Å². The maximum absolute atomic E-state index is 13.0. The molecule has 7 heteroatoms. The number of nitrogens with zero attached hydrogens (tertiary/aromatic N) is 5. The Hall–Kier alpha value is -2.28. The molecule has 7 nitrogen and oxygen atoms in total. The summed E-state index contributed by atoms with van der Waals surface area (Å²) in [6.45, 7) is 8.13. The molecular formula is C20H28N6O. The van der Waals surface area contributed by atoms with E-state index in [-0.39, 0.29) is 11.8 Å². The monoisotopic (exact) mass is 368 g/mol. The van der Waals surface area contributed by atoms with Gasteiger partial charge in [-0.3, -0.25) is 4.79 Å². The van der Waals surface area contributed by atoms with Crippen molar-refractivity contribution < 1.29 is 4.79 Å². The number of carbonyl (C=O) groups excluding carboxylic acids is 1. The zero-order valence-electron chi connectivity index (χ0n) is 16.2. The maximum Gasteiger partial charge on any atom is 0.227 e. The lowest BCUT2D eigenvalue weighted by atomic mass is 10.0. The molecule has 0 spiro atoms. The van der Waals surface area contributed by atoms with Gasteiger partial charge in [0.15, 0.2) is 0 Å². The number of amides is 1. The van der Waals surface area contributed by atoms with E-state index >= 15 is 0 Å². The second kappa shape index (κ2) is 7.76. The second-order valence-electron chi connectivity index (χ2n) is 7.65. The predicted molar refractivity (Wildman–Crippen MR) is 102 cm³/mol. The fourth-order valence-electron chi connectivity index (χ4n) is 4.10. The fraction of sp³-hybridized carbons (Fsp3) is 0.600. The lowest BCUT2D eigenvalue weighted by Gasteiger charge is -2.30. The number of hydrogen-bond acceptors (Lipinski definition) is 5. The lowest BCUT2D eigenvalue weighted by molar-refractivity contribution is -0.136. The minimum absolute atomic E-state index is 0.0733. The zero-order chi connectivity index (χ0) is 18.8. The van der Waals surface area contributed by atoms with Gasteiger partial charge >= 0.3 is 0 Å². The summed E-state index contributed by atoms with van der Waals surface area (Å²) in [4.78, 5) is 28.7. The highest BCUT2D eigenvalue weighted by molar-refractivity contribution is 5.78. The zero-order valence-corrected chi connectivity index (χ0v) is 16.2. The number of rotatable bonds is 5. The Morgan fingerprint density at radius 3 is 3.07 bits per heavy atom. The lowest BCUT2D eigenvalue weighted by Crippen LogP contribution is -2.40. The minimum atomic E-state index is -0.0733. The van der Waals surface area contributed by atoms with Crippen LogP contribution in [-0.4, -0.2) is 50.0 Å². The third kappa shape index (κ3) is 3.74. The van der Waals surface area contributed by atoms with E-state index in [1.54, 1.807) is 0 Å². The number of nitrogens with one attached hydrogen (secondary N) is 1. The van der Waals surface area contributed by atoms with E-state index in [2.05, 4.69) is 26.8 Å². The number of aryl methyl sites for hydroxylation is 1. The Bertz CT molecular complexity index is 811. The van der Waals surface area contributed by atoms with Crippen LogP contribution in [0.15, 0.2) is 18.6 Å². The van der Waals surface area contributed by atoms with Gasteiger partial charge in [0.25, 0.3) is 0 Å². The van der Waals surface area contributed by atoms with E-state index < -0.39 is 0 Å². The highest BCUT2D eigenvalue weighted by Crippen LogP contribution is 2.23. The van der Waals surface area contributed by atoms with Crippen molar-refractivity contribution in [3.05, 3.63) is 41.5 Å². The van der Waals surface area contributed by atoms with Crippen LogP contribution in [0.4, 0.5) is 0 Å². The summed E-state index contributed by atoms with van der Waals surface area (Å²) in [5, 5.41) is 3.37. The first-order valence-electron chi connectivity index (χ1n) is 10.00. The number of carbonyl (C=O) groups is 1. The van der Waals surface area contributed by atoms with E-state index in [1.807, 2.05) is 30.4 Å². The third-order valence-corrected chi connectivity index (χ3v) is 5.70. The smallest absolute Gasteiger partial charge is 0.227 e. The molecule has 0 radical (unpaired) electrons. The number of imidazole rings is 1. The quantitative estimate of drug-likeness (QED) is 0.866. The van der Waals surface area contributed by atoms with E-state index in [9.17, 15) is 4.79 Å². The Labute approximate surface area is 160 Å². The molecule has 2 aromatic rings. The van der Waals surface area contributed by atoms with Crippen molar-refractivity contribution in [1.82, 2.24) is 29.7 Å². The van der Waals surface area contributed by atoms with Gasteiger partial charge in [0.1, 0.15) is 11.6 Å². The summed E-state index contributed by atoms with van der Waals surface area (Å²) in [7, 11) is 0. The minimum Gasteiger partial charge on any atom is -0.338 e. The van der Waals surface area contributed by atoms with Gasteiger partial charge in [-0.05, 0) is 13.0 Å². The van der Waals surface area contributed by atoms with Crippen molar-refractivity contribution in [3.8, 4) is 0 Å². The Balaban J connectivity index is 1.41. The van der Waals surface area contributed by atoms with Crippen LogP contribution in [0.5, 0.6) is 0 Å². The SMILES string of the molecule is CCc1nccn1C[C@@H](C)C(=O)N1CCc2nc([C@@H]3CCNC3)ncc2C1. The van der Waals surface area contributed by atoms with E-state index in [1.165, 1.54) is 0 Å². The largest absolute Gasteiger partial charge is 0.338 e. The van der Waals surface area contributed by atoms with E-state index in [0.29, 0.717) is 19.0 Å². The van der Waals surface area contributed by atoms with Gasteiger partial charge in [-0.15, -0.1) is 0 Å². The first-order valence-corrected chi connectivity index (χ1v) is 10.00. The normalized spacial score (nSPS) is 20.5. The standard InChI is InChI=1S/C20H28N6O/c1-3-18-22-7-9-25(18)12-14(2)20(27)26-8-5-17-16(13-26)11-23-19(24-17)15-4-6-21-10-15/h7,9,11,14-15,21H,3-6,8,10,12-13H2,1-2H3/t14-,15-/m1/s1. The first-order chi connectivity index (χ1) is 13.2. The van der Waals surface area contributed by atoms with Crippen molar-refractivity contribution in [1.29, 1.82) is 0 Å². The van der Waals surface area contributed by atoms with E-state index in [4.69, 9.17) is 4.98 Å². The Morgan fingerprint density at radius 1 is 1.41 bits per heavy atom. The van der Waals surface area contributed by atoms with Crippen LogP contribution in [0, 0.1) is 5.92 Å². The summed E-state index contributed by atoms with van der Waals surface area (Å²) in [6, 6.07) is 0. The summed E-state index contributed by atoms with van der Waals surface area (Å²) in [6.07, 6.45) is 8.50. The van der Waals surface area contributed by atoms with Gasteiger partial charge in [0.05, 0.1) is 11.6 Å². The van der Waals surface area contributed by atoms with Crippen LogP contribution in [0.25, 0.3) is 0 Å². The number of fused-ring (bicyclic) bond motifs is 1. The molecule has 0 unspecified atom stereocenters. The molecule has 1 N–H and O–H groups in total. The molecule has 27 heavy (non-hydrogen) atoms. The molecule has 1 fully saturated rings. The van der Waals surface area contributed by atoms with Gasteiger partial charge in [-0.2, -0.15) is 0 Å². The molecule has 0 saturated carbocycles. The van der Waals surface area contributed by atoms with Gasteiger partial charge in [0, 0.05) is 69.1 Å². The van der Waals surface area contributed by atoms with Crippen molar-refractivity contribution in [2.75, 3.05) is 19.6 Å². The average molecular weight is 368 g/mol. The Kier molecular flexibility index (Phi) is 5.20. The van der Waals surface area contributed by atoms with Gasteiger partial charge < -0.3 is 14.8 Å². The summed E-state index contributed by atoms with van der Waals surface area (Å²) >= 11 is 0. The second-order valence-corrected chi connectivity index (χ2v) is 7.65. The van der Waals surface area contributed by atoms with Crippen LogP contribution in [0.1, 0.15) is 49.1 Å². The van der Waals surface area contributed by atoms with Gasteiger partial charge in [-0.1, -0.05) is 13.8 Å². The van der Waals surface area contributed by atoms with Crippen LogP contribution >= 0.6 is 0 Å². The molecule has 144 valence electrons. The predicted octanol–water partition coefficient (Wildman–Crippen LogP) is 1.53. The van der Waals surface area contributed by atoms with Gasteiger partial charge in [0.2, 0.25) is 5.91 Å².